The molecule has 0 aliphatic carbocycles. The summed E-state index contributed by atoms with van der Waals surface area (Å²) in [7, 11) is -1.88. The molecule has 0 spiro atoms. The number of hydrogen-bond donors (Lipinski definition) is 0. The second-order valence-electron chi connectivity index (χ2n) is 16.6. The molecule has 5 heteroatoms. The van der Waals surface area contributed by atoms with Gasteiger partial charge in [0, 0.05) is 52.4 Å². The van der Waals surface area contributed by atoms with Crippen LogP contribution in [0, 0.1) is 0 Å². The highest BCUT2D eigenvalue weighted by Crippen LogP contribution is 2.70. The fraction of sp³-hybridized carbons (Fsp3) is 1.00. The minimum Gasteiger partial charge on any atom is -0.133 e. The van der Waals surface area contributed by atoms with Crippen molar-refractivity contribution in [3.63, 3.8) is 0 Å². The summed E-state index contributed by atoms with van der Waals surface area (Å²) in [5.74, 6) is 0. The molecule has 0 aliphatic rings. The summed E-state index contributed by atoms with van der Waals surface area (Å²) in [4.78, 5) is 0. The van der Waals surface area contributed by atoms with E-state index in [4.69, 9.17) is 0 Å². The summed E-state index contributed by atoms with van der Waals surface area (Å²) < 4.78 is 12.4. The fourth-order valence-corrected chi connectivity index (χ4v) is 14.0. The smallest absolute Gasteiger partial charge is 0.133 e. The van der Waals surface area contributed by atoms with E-state index in [2.05, 4.69) is 74.1 Å². The topological polar surface area (TPSA) is 13.0 Å². The maximum Gasteiger partial charge on any atom is 0.308 e. The maximum absolute atomic E-state index is 3.10. The van der Waals surface area contributed by atoms with Gasteiger partial charge in [0.05, 0.1) is 0 Å². The zero-order valence-electron chi connectivity index (χ0n) is 38.5. The van der Waals surface area contributed by atoms with E-state index in [-0.39, 0.29) is 0 Å². The molecule has 0 bridgehead atoms. The molecule has 0 saturated heterocycles. The molecule has 0 N–H and O–H groups in total. The van der Waals surface area contributed by atoms with Crippen LogP contribution in [0.5, 0.6) is 0 Å². The van der Waals surface area contributed by atoms with Crippen molar-refractivity contribution in [1.29, 1.82) is 0 Å². The van der Waals surface area contributed by atoms with Gasteiger partial charge in [0.2, 0.25) is 0 Å². The van der Waals surface area contributed by atoms with Crippen LogP contribution in [-0.4, -0.2) is 71.0 Å². The predicted molar refractivity (Wildman–Crippen MR) is 246 cm³/mol. The quantitative estimate of drug-likeness (QED) is 0.0452. The molecule has 0 aliphatic heterocycles. The summed E-state index contributed by atoms with van der Waals surface area (Å²) in [5, 5.41) is 0. The Balaban J connectivity index is 6.24. The molecular weight excluding hydrogens is 664 g/mol. The molecule has 0 amide bonds. The second-order valence-corrected chi connectivity index (χ2v) is 20.0. The van der Waals surface area contributed by atoms with Crippen LogP contribution in [0.15, 0.2) is 0 Å². The van der Waals surface area contributed by atoms with Crippen molar-refractivity contribution in [2.45, 2.75) is 261 Å². The lowest BCUT2D eigenvalue weighted by molar-refractivity contribution is 0.238. The number of rotatable bonds is 44. The van der Waals surface area contributed by atoms with Crippen LogP contribution < -0.4 is 0 Å². The Morgan fingerprint density at radius 2 is 0.358 bits per heavy atom. The molecule has 53 heavy (non-hydrogen) atoms. The van der Waals surface area contributed by atoms with E-state index in [1.54, 1.807) is 0 Å². The molecule has 320 valence electrons. The van der Waals surface area contributed by atoms with Crippen LogP contribution in [0.4, 0.5) is 0 Å². The molecule has 0 unspecified atom stereocenters. The second kappa shape index (κ2) is 40.5. The van der Waals surface area contributed by atoms with Crippen molar-refractivity contribution in [1.82, 2.24) is 18.7 Å². The summed E-state index contributed by atoms with van der Waals surface area (Å²) in [6.07, 6.45) is 45.1. The van der Waals surface area contributed by atoms with Gasteiger partial charge in [-0.05, 0) is 53.4 Å². The van der Waals surface area contributed by atoms with Gasteiger partial charge in [-0.25, -0.2) is 0 Å². The van der Waals surface area contributed by atoms with Crippen LogP contribution in [0.1, 0.15) is 261 Å². The van der Waals surface area contributed by atoms with Gasteiger partial charge in [0.1, 0.15) is 0 Å². The van der Waals surface area contributed by atoms with Crippen molar-refractivity contribution in [2.24, 2.45) is 0 Å². The third-order valence-electron chi connectivity index (χ3n) is 12.1. The molecule has 0 heterocycles. The Morgan fingerprint density at radius 1 is 0.208 bits per heavy atom. The van der Waals surface area contributed by atoms with Crippen molar-refractivity contribution in [3.05, 3.63) is 0 Å². The highest BCUT2D eigenvalue weighted by atomic mass is 31.2. The van der Waals surface area contributed by atoms with Crippen molar-refractivity contribution >= 4 is 7.87 Å². The van der Waals surface area contributed by atoms with E-state index in [0.29, 0.717) is 0 Å². The first-order valence-corrected chi connectivity index (χ1v) is 26.6. The average Bonchev–Trinajstić information content (AvgIpc) is 3.17. The van der Waals surface area contributed by atoms with Gasteiger partial charge in [0.15, 0.2) is 0 Å². The third kappa shape index (κ3) is 25.3. The first-order chi connectivity index (χ1) is 26.1. The van der Waals surface area contributed by atoms with E-state index >= 15 is 0 Å². The standard InChI is InChI=1S/C48H104N4P/c1-9-17-21-25-29-33-37-41-45-49(13-5)53(50(14-6)46-42-38-34-30-26-22-18-10-2,51(15-7)47-43-39-35-31-27-23-19-11-3)52(16-8)48-44-40-36-32-28-24-20-12-4/h9-48H2,1-8H3/q+1. The van der Waals surface area contributed by atoms with Crippen molar-refractivity contribution in [2.75, 3.05) is 52.4 Å². The third-order valence-corrected chi connectivity index (χ3v) is 17.0. The first kappa shape index (κ1) is 53.3. The summed E-state index contributed by atoms with van der Waals surface area (Å²) >= 11 is 0. The van der Waals surface area contributed by atoms with Gasteiger partial charge in [-0.1, -0.05) is 207 Å². The van der Waals surface area contributed by atoms with E-state index in [0.717, 1.165) is 0 Å². The highest BCUT2D eigenvalue weighted by Gasteiger charge is 2.59. The van der Waals surface area contributed by atoms with Gasteiger partial charge in [-0.15, -0.1) is 18.7 Å². The van der Waals surface area contributed by atoms with Crippen LogP contribution in [0.2, 0.25) is 0 Å². The van der Waals surface area contributed by atoms with E-state index in [1.807, 2.05) is 0 Å². The molecule has 0 aromatic carbocycles. The van der Waals surface area contributed by atoms with Crippen molar-refractivity contribution in [3.8, 4) is 0 Å². The Labute approximate surface area is 338 Å². The predicted octanol–water partition coefficient (Wildman–Crippen LogP) is 16.5. The van der Waals surface area contributed by atoms with Gasteiger partial charge in [-0.2, -0.15) is 0 Å². The number of nitrogens with zero attached hydrogens (tertiary/aromatic N) is 4. The van der Waals surface area contributed by atoms with Gasteiger partial charge in [-0.3, -0.25) is 0 Å². The van der Waals surface area contributed by atoms with Crippen molar-refractivity contribution < 1.29 is 0 Å². The Hall–Kier alpha value is 0.270. The lowest BCUT2D eigenvalue weighted by atomic mass is 10.1. The molecule has 4 nitrogen and oxygen atoms in total. The molecule has 0 saturated carbocycles. The summed E-state index contributed by atoms with van der Waals surface area (Å²) in [5.41, 5.74) is 0. The van der Waals surface area contributed by atoms with Crippen LogP contribution >= 0.6 is 7.87 Å². The Kier molecular flexibility index (Phi) is 40.7. The van der Waals surface area contributed by atoms with Gasteiger partial charge >= 0.3 is 7.87 Å². The van der Waals surface area contributed by atoms with E-state index in [1.165, 1.54) is 258 Å². The van der Waals surface area contributed by atoms with E-state index in [9.17, 15) is 0 Å². The molecule has 0 radical (unpaired) electrons. The maximum atomic E-state index is 3.10. The molecule has 0 rings (SSSR count). The minimum absolute atomic E-state index is 1.18. The molecule has 0 fully saturated rings. The highest BCUT2D eigenvalue weighted by molar-refractivity contribution is 7.66. The molecule has 0 atom stereocenters. The van der Waals surface area contributed by atoms with Crippen LogP contribution in [0.25, 0.3) is 0 Å². The lowest BCUT2D eigenvalue weighted by Crippen LogP contribution is -2.54. The molecular formula is C48H104N4P+. The normalized spacial score (nSPS) is 12.5. The Bertz CT molecular complexity index is 588. The fourth-order valence-electron chi connectivity index (χ4n) is 8.71. The number of unbranched alkanes of at least 4 members (excludes halogenated alkanes) is 28. The SMILES string of the molecule is CCCCCCCCCCN(CC)[P+](N(CC)CCCCCCCCCC)(N(CC)CCCCCCCCCC)N(CC)CCCCCCCCCC. The van der Waals surface area contributed by atoms with Gasteiger partial charge in [0.25, 0.3) is 0 Å². The average molecular weight is 768 g/mol. The van der Waals surface area contributed by atoms with Crippen LogP contribution in [-0.2, 0) is 0 Å². The first-order valence-electron chi connectivity index (χ1n) is 25.0. The summed E-state index contributed by atoms with van der Waals surface area (Å²) in [6.45, 7) is 29.2. The zero-order chi connectivity index (χ0) is 39.1. The monoisotopic (exact) mass is 768 g/mol. The number of hydrogen-bond acceptors (Lipinski definition) is 4. The van der Waals surface area contributed by atoms with Gasteiger partial charge < -0.3 is 0 Å². The Morgan fingerprint density at radius 3 is 0.509 bits per heavy atom. The zero-order valence-corrected chi connectivity index (χ0v) is 39.4. The molecule has 0 aromatic rings. The molecule has 0 aromatic heterocycles. The summed E-state index contributed by atoms with van der Waals surface area (Å²) in [6, 6.07) is 0. The minimum atomic E-state index is -1.88. The lowest BCUT2D eigenvalue weighted by Gasteiger charge is -2.51. The van der Waals surface area contributed by atoms with E-state index < -0.39 is 7.87 Å². The largest absolute Gasteiger partial charge is 0.308 e. The van der Waals surface area contributed by atoms with Crippen LogP contribution in [0.3, 0.4) is 0 Å².